The van der Waals surface area contributed by atoms with Gasteiger partial charge in [-0.1, -0.05) is 0 Å². The molecule has 1 aromatic rings. The highest BCUT2D eigenvalue weighted by molar-refractivity contribution is 6.14. The van der Waals surface area contributed by atoms with Crippen LogP contribution in [0.3, 0.4) is 0 Å². The van der Waals surface area contributed by atoms with E-state index in [1.54, 1.807) is 0 Å². The minimum Gasteiger partial charge on any atom is -0.369 e. The van der Waals surface area contributed by atoms with Crippen LogP contribution in [0.5, 0.6) is 0 Å². The molecule has 4 heterocycles. The van der Waals surface area contributed by atoms with Crippen molar-refractivity contribution in [3.63, 3.8) is 0 Å². The summed E-state index contributed by atoms with van der Waals surface area (Å²) in [6, 6.07) is 4.37. The molecule has 0 radical (unpaired) electrons. The lowest BCUT2D eigenvalue weighted by Crippen LogP contribution is -2.31. The molecule has 19 heavy (non-hydrogen) atoms. The summed E-state index contributed by atoms with van der Waals surface area (Å²) in [5.41, 5.74) is 3.34. The zero-order chi connectivity index (χ0) is 12.8. The number of fused-ring (bicyclic) bond motifs is 4. The lowest BCUT2D eigenvalue weighted by Gasteiger charge is -2.22. The molecule has 1 aromatic heterocycles. The first-order chi connectivity index (χ1) is 9.33. The van der Waals surface area contributed by atoms with Crippen LogP contribution in [0, 0.1) is 0 Å². The Bertz CT molecular complexity index is 628. The summed E-state index contributed by atoms with van der Waals surface area (Å²) < 4.78 is 0. The van der Waals surface area contributed by atoms with E-state index < -0.39 is 0 Å². The van der Waals surface area contributed by atoms with E-state index >= 15 is 0 Å². The van der Waals surface area contributed by atoms with Crippen LogP contribution < -0.4 is 5.32 Å². The summed E-state index contributed by atoms with van der Waals surface area (Å²) in [5.74, 6) is 2.01. The van der Waals surface area contributed by atoms with Gasteiger partial charge in [0, 0.05) is 30.4 Å². The van der Waals surface area contributed by atoms with E-state index in [9.17, 15) is 0 Å². The second-order valence-corrected chi connectivity index (χ2v) is 5.10. The van der Waals surface area contributed by atoms with Gasteiger partial charge in [0.1, 0.15) is 11.7 Å². The van der Waals surface area contributed by atoms with Gasteiger partial charge in [-0.25, -0.2) is 9.98 Å². The molecule has 5 nitrogen and oxygen atoms in total. The molecule has 1 atom stereocenters. The third kappa shape index (κ3) is 1.58. The lowest BCUT2D eigenvalue weighted by atomic mass is 10.0. The number of aliphatic imine (C=N–C) groups is 2. The van der Waals surface area contributed by atoms with E-state index in [1.807, 2.05) is 18.6 Å². The third-order valence-electron chi connectivity index (χ3n) is 3.69. The third-order valence-corrected chi connectivity index (χ3v) is 3.69. The fourth-order valence-corrected chi connectivity index (χ4v) is 2.86. The second-order valence-electron chi connectivity index (χ2n) is 5.10. The first-order valence-corrected chi connectivity index (χ1v) is 6.64. The highest BCUT2D eigenvalue weighted by Crippen LogP contribution is 2.34. The summed E-state index contributed by atoms with van der Waals surface area (Å²) in [5, 5.41) is 3.37. The van der Waals surface area contributed by atoms with Gasteiger partial charge >= 0.3 is 0 Å². The zero-order valence-corrected chi connectivity index (χ0v) is 10.8. The van der Waals surface area contributed by atoms with E-state index in [0.29, 0.717) is 6.04 Å². The van der Waals surface area contributed by atoms with Crippen LogP contribution in [0.4, 0.5) is 5.82 Å². The standard InChI is InChI=1S/C14H15N5/c1-9-7-19-8-17-12-10-3-2-5-15-13(10)16-6-4-11(12)14(19)18-9/h2-3,5,8-9H,4,6-7H2,1H3,(H,15,16). The Morgan fingerprint density at radius 3 is 3.32 bits per heavy atom. The predicted molar refractivity (Wildman–Crippen MR) is 76.4 cm³/mol. The Labute approximate surface area is 111 Å². The van der Waals surface area contributed by atoms with Crippen molar-refractivity contribution >= 4 is 23.7 Å². The first kappa shape index (κ1) is 10.7. The number of amidine groups is 1. The average molecular weight is 253 g/mol. The quantitative estimate of drug-likeness (QED) is 0.766. The molecule has 0 saturated carbocycles. The topological polar surface area (TPSA) is 52.9 Å². The fraction of sp³-hybridized carbons (Fsp3) is 0.357. The van der Waals surface area contributed by atoms with E-state index in [0.717, 1.165) is 42.4 Å². The van der Waals surface area contributed by atoms with Crippen LogP contribution in [0.25, 0.3) is 5.70 Å². The smallest absolute Gasteiger partial charge is 0.135 e. The summed E-state index contributed by atoms with van der Waals surface area (Å²) >= 11 is 0. The van der Waals surface area contributed by atoms with E-state index in [1.165, 1.54) is 5.57 Å². The molecule has 0 spiro atoms. The van der Waals surface area contributed by atoms with Gasteiger partial charge in [-0.3, -0.25) is 4.99 Å². The van der Waals surface area contributed by atoms with Crippen molar-refractivity contribution in [2.45, 2.75) is 19.4 Å². The van der Waals surface area contributed by atoms with E-state index in [-0.39, 0.29) is 0 Å². The zero-order valence-electron chi connectivity index (χ0n) is 10.8. The number of hydrogen-bond donors (Lipinski definition) is 1. The monoisotopic (exact) mass is 253 g/mol. The number of aromatic nitrogens is 1. The van der Waals surface area contributed by atoms with Crippen molar-refractivity contribution in [3.05, 3.63) is 29.5 Å². The number of nitrogens with one attached hydrogen (secondary N) is 1. The number of nitrogens with zero attached hydrogens (tertiary/aromatic N) is 4. The molecule has 3 aliphatic heterocycles. The Balaban J connectivity index is 1.91. The van der Waals surface area contributed by atoms with Gasteiger partial charge in [-0.15, -0.1) is 0 Å². The van der Waals surface area contributed by atoms with E-state index in [2.05, 4.69) is 33.2 Å². The molecule has 0 aromatic carbocycles. The molecule has 4 rings (SSSR count). The maximum absolute atomic E-state index is 4.75. The number of pyridine rings is 1. The molecular weight excluding hydrogens is 238 g/mol. The van der Waals surface area contributed by atoms with Gasteiger partial charge in [0.05, 0.1) is 18.1 Å². The molecule has 0 saturated heterocycles. The average Bonchev–Trinajstić information content (AvgIpc) is 2.70. The van der Waals surface area contributed by atoms with Gasteiger partial charge in [-0.05, 0) is 25.5 Å². The molecule has 0 fully saturated rings. The van der Waals surface area contributed by atoms with Gasteiger partial charge in [-0.2, -0.15) is 0 Å². The molecular formula is C14H15N5. The van der Waals surface area contributed by atoms with Crippen molar-refractivity contribution in [1.82, 2.24) is 9.88 Å². The number of rotatable bonds is 0. The molecule has 0 bridgehead atoms. The summed E-state index contributed by atoms with van der Waals surface area (Å²) in [6.45, 7) is 3.95. The summed E-state index contributed by atoms with van der Waals surface area (Å²) in [7, 11) is 0. The molecule has 0 amide bonds. The van der Waals surface area contributed by atoms with Crippen LogP contribution in [0.1, 0.15) is 18.9 Å². The fourth-order valence-electron chi connectivity index (χ4n) is 2.86. The Kier molecular flexibility index (Phi) is 2.21. The van der Waals surface area contributed by atoms with Crippen molar-refractivity contribution in [2.75, 3.05) is 18.4 Å². The lowest BCUT2D eigenvalue weighted by molar-refractivity contribution is 0.608. The molecule has 1 N–H and O–H groups in total. The van der Waals surface area contributed by atoms with Crippen LogP contribution in [-0.2, 0) is 0 Å². The molecule has 96 valence electrons. The highest BCUT2D eigenvalue weighted by atomic mass is 15.3. The van der Waals surface area contributed by atoms with Gasteiger partial charge in [0.2, 0.25) is 0 Å². The van der Waals surface area contributed by atoms with Gasteiger partial charge < -0.3 is 10.2 Å². The van der Waals surface area contributed by atoms with Crippen molar-refractivity contribution in [1.29, 1.82) is 0 Å². The van der Waals surface area contributed by atoms with Crippen LogP contribution in [-0.4, -0.2) is 41.2 Å². The molecule has 0 aliphatic carbocycles. The van der Waals surface area contributed by atoms with Crippen molar-refractivity contribution in [3.8, 4) is 0 Å². The maximum Gasteiger partial charge on any atom is 0.135 e. The Hall–Kier alpha value is -2.17. The van der Waals surface area contributed by atoms with Crippen LogP contribution in [0.2, 0.25) is 0 Å². The Morgan fingerprint density at radius 1 is 1.42 bits per heavy atom. The van der Waals surface area contributed by atoms with E-state index in [4.69, 9.17) is 4.99 Å². The summed E-state index contributed by atoms with van der Waals surface area (Å²) in [6.07, 6.45) is 4.65. The normalized spacial score (nSPS) is 24.2. The first-order valence-electron chi connectivity index (χ1n) is 6.64. The molecule has 5 heteroatoms. The maximum atomic E-state index is 4.75. The minimum absolute atomic E-state index is 0.345. The molecule has 1 unspecified atom stereocenters. The largest absolute Gasteiger partial charge is 0.369 e. The number of hydrogen-bond acceptors (Lipinski definition) is 5. The van der Waals surface area contributed by atoms with Gasteiger partial charge in [0.25, 0.3) is 0 Å². The molecule has 3 aliphatic rings. The SMILES string of the molecule is CC1CN2C=NC3=C(CCNc4ncccc43)C2=N1. The van der Waals surface area contributed by atoms with Crippen molar-refractivity contribution in [2.24, 2.45) is 9.98 Å². The predicted octanol–water partition coefficient (Wildman–Crippen LogP) is 1.75. The van der Waals surface area contributed by atoms with Gasteiger partial charge in [0.15, 0.2) is 0 Å². The van der Waals surface area contributed by atoms with Crippen LogP contribution >= 0.6 is 0 Å². The second kappa shape index (κ2) is 3.91. The van der Waals surface area contributed by atoms with Crippen LogP contribution in [0.15, 0.2) is 33.9 Å². The number of anilines is 1. The van der Waals surface area contributed by atoms with Crippen molar-refractivity contribution < 1.29 is 0 Å². The minimum atomic E-state index is 0.345. The highest BCUT2D eigenvalue weighted by Gasteiger charge is 2.31. The summed E-state index contributed by atoms with van der Waals surface area (Å²) in [4.78, 5) is 16.0. The Morgan fingerprint density at radius 2 is 2.37 bits per heavy atom.